The largest absolute Gasteiger partial charge is 0.479 e. The van der Waals surface area contributed by atoms with Crippen LogP contribution in [0.25, 0.3) is 0 Å². The van der Waals surface area contributed by atoms with Crippen molar-refractivity contribution in [2.75, 3.05) is 6.54 Å². The second-order valence-electron chi connectivity index (χ2n) is 5.70. The second-order valence-corrected chi connectivity index (χ2v) is 5.70. The first kappa shape index (κ1) is 16.0. The number of ether oxygens (including phenoxy) is 1. The fourth-order valence-corrected chi connectivity index (χ4v) is 1.83. The number of hydrogen-bond acceptors (Lipinski definition) is 5. The van der Waals surface area contributed by atoms with Gasteiger partial charge in [-0.1, -0.05) is 13.8 Å². The van der Waals surface area contributed by atoms with E-state index in [1.807, 2.05) is 13.8 Å². The molecule has 1 fully saturated rings. The van der Waals surface area contributed by atoms with Gasteiger partial charge < -0.3 is 20.1 Å². The van der Waals surface area contributed by atoms with Gasteiger partial charge in [0.1, 0.15) is 0 Å². The number of carbonyl (C=O) groups is 2. The van der Waals surface area contributed by atoms with E-state index in [4.69, 9.17) is 14.9 Å². The molecular weight excluding hydrogens is 249 g/mol. The Labute approximate surface area is 113 Å². The molecule has 108 valence electrons. The highest BCUT2D eigenvalue weighted by Crippen LogP contribution is 2.46. The zero-order valence-corrected chi connectivity index (χ0v) is 11.7. The van der Waals surface area contributed by atoms with Gasteiger partial charge in [-0.3, -0.25) is 4.79 Å². The topological polar surface area (TPSA) is 95.9 Å². The minimum atomic E-state index is -1.11. The van der Waals surface area contributed by atoms with Gasteiger partial charge in [0.25, 0.3) is 0 Å². The summed E-state index contributed by atoms with van der Waals surface area (Å²) in [6, 6.07) is 0. The maximum Gasteiger partial charge on any atom is 0.373 e. The van der Waals surface area contributed by atoms with Crippen molar-refractivity contribution in [3.05, 3.63) is 0 Å². The molecule has 0 aromatic rings. The van der Waals surface area contributed by atoms with Crippen LogP contribution in [0.2, 0.25) is 6.82 Å². The van der Waals surface area contributed by atoms with Crippen LogP contribution in [0.15, 0.2) is 0 Å². The van der Waals surface area contributed by atoms with Crippen molar-refractivity contribution in [2.45, 2.75) is 46.0 Å². The lowest BCUT2D eigenvalue weighted by Gasteiger charge is -2.20. The summed E-state index contributed by atoms with van der Waals surface area (Å²) in [4.78, 5) is 23.1. The van der Waals surface area contributed by atoms with E-state index in [2.05, 4.69) is 5.23 Å². The summed E-state index contributed by atoms with van der Waals surface area (Å²) in [6.45, 7) is 5.65. The average Bonchev–Trinajstić information content (AvgIpc) is 3.05. The van der Waals surface area contributed by atoms with Crippen molar-refractivity contribution in [3.8, 4) is 0 Å². The molecule has 1 aliphatic rings. The van der Waals surface area contributed by atoms with Crippen LogP contribution in [-0.2, 0) is 14.3 Å². The highest BCUT2D eigenvalue weighted by atomic mass is 16.6. The Balaban J connectivity index is 2.54. The van der Waals surface area contributed by atoms with E-state index in [1.165, 1.54) is 0 Å². The van der Waals surface area contributed by atoms with Crippen LogP contribution in [0.3, 0.4) is 0 Å². The van der Waals surface area contributed by atoms with Crippen LogP contribution < -0.4 is 5.23 Å². The molecule has 0 saturated heterocycles. The molecule has 0 aromatic carbocycles. The molecule has 6 nitrogen and oxygen atoms in total. The smallest absolute Gasteiger partial charge is 0.373 e. The van der Waals surface area contributed by atoms with Crippen molar-refractivity contribution >= 4 is 19.0 Å². The maximum atomic E-state index is 12.0. The van der Waals surface area contributed by atoms with Gasteiger partial charge in [-0.15, -0.1) is 0 Å². The number of hydrogen-bond donors (Lipinski definition) is 3. The molecule has 0 spiro atoms. The molecular formula is C12H22BNO5. The van der Waals surface area contributed by atoms with Gasteiger partial charge in [-0.25, -0.2) is 4.79 Å². The third-order valence-corrected chi connectivity index (χ3v) is 3.23. The van der Waals surface area contributed by atoms with Crippen LogP contribution in [0.5, 0.6) is 0 Å². The Bertz CT molecular complexity index is 341. The molecule has 3 N–H and O–H groups in total. The normalized spacial score (nSPS) is 17.9. The summed E-state index contributed by atoms with van der Waals surface area (Å²) < 4.78 is 5.12. The zero-order valence-electron chi connectivity index (χ0n) is 11.7. The maximum absolute atomic E-state index is 12.0. The van der Waals surface area contributed by atoms with Crippen LogP contribution >= 0.6 is 0 Å². The highest BCUT2D eigenvalue weighted by Gasteiger charge is 2.52. The molecule has 1 aliphatic carbocycles. The fourth-order valence-electron chi connectivity index (χ4n) is 1.83. The predicted molar refractivity (Wildman–Crippen MR) is 70.5 cm³/mol. The second kappa shape index (κ2) is 6.39. The number of nitrogens with one attached hydrogen (secondary N) is 1. The van der Waals surface area contributed by atoms with Gasteiger partial charge in [0.15, 0.2) is 6.10 Å². The number of carboxylic acid groups (broad SMARTS) is 1. The molecule has 1 atom stereocenters. The Morgan fingerprint density at radius 1 is 1.42 bits per heavy atom. The number of carbonyl (C=O) groups excluding carboxylic acids is 1. The number of esters is 1. The van der Waals surface area contributed by atoms with E-state index in [0.717, 1.165) is 0 Å². The SMILES string of the molecule is CB(O)NCC1(C(=O)O[C@@H](CC(C)C)C(=O)O)CC1. The summed E-state index contributed by atoms with van der Waals surface area (Å²) in [5, 5.41) is 21.0. The molecule has 19 heavy (non-hydrogen) atoms. The van der Waals surface area contributed by atoms with E-state index >= 15 is 0 Å². The van der Waals surface area contributed by atoms with Crippen molar-refractivity contribution in [1.82, 2.24) is 5.23 Å². The van der Waals surface area contributed by atoms with Crippen LogP contribution in [0.4, 0.5) is 0 Å². The van der Waals surface area contributed by atoms with E-state index < -0.39 is 30.5 Å². The van der Waals surface area contributed by atoms with Gasteiger partial charge >= 0.3 is 19.0 Å². The molecule has 1 rings (SSSR count). The van der Waals surface area contributed by atoms with E-state index in [9.17, 15) is 9.59 Å². The van der Waals surface area contributed by atoms with Gasteiger partial charge in [0.05, 0.1) is 5.41 Å². The van der Waals surface area contributed by atoms with Crippen LogP contribution in [0.1, 0.15) is 33.1 Å². The molecule has 0 unspecified atom stereocenters. The lowest BCUT2D eigenvalue weighted by molar-refractivity contribution is -0.169. The lowest BCUT2D eigenvalue weighted by Crippen LogP contribution is -2.41. The molecule has 1 saturated carbocycles. The average molecular weight is 271 g/mol. The Morgan fingerprint density at radius 2 is 2.00 bits per heavy atom. The summed E-state index contributed by atoms with van der Waals surface area (Å²) in [5.74, 6) is -1.45. The molecule has 7 heteroatoms. The molecule has 0 amide bonds. The van der Waals surface area contributed by atoms with E-state index in [-0.39, 0.29) is 5.92 Å². The molecule has 0 aliphatic heterocycles. The van der Waals surface area contributed by atoms with Crippen molar-refractivity contribution in [2.24, 2.45) is 11.3 Å². The fraction of sp³-hybridized carbons (Fsp3) is 0.833. The number of aliphatic carboxylic acids is 1. The molecule has 0 radical (unpaired) electrons. The van der Waals surface area contributed by atoms with E-state index in [0.29, 0.717) is 25.8 Å². The van der Waals surface area contributed by atoms with Crippen LogP contribution in [0, 0.1) is 11.3 Å². The highest BCUT2D eigenvalue weighted by molar-refractivity contribution is 6.45. The van der Waals surface area contributed by atoms with E-state index in [1.54, 1.807) is 6.82 Å². The van der Waals surface area contributed by atoms with Gasteiger partial charge in [0.2, 0.25) is 0 Å². The Kier molecular flexibility index (Phi) is 5.37. The minimum absolute atomic E-state index is 0.139. The minimum Gasteiger partial charge on any atom is -0.479 e. The summed E-state index contributed by atoms with van der Waals surface area (Å²) >= 11 is 0. The Hall–Kier alpha value is -1.08. The summed E-state index contributed by atoms with van der Waals surface area (Å²) in [5.41, 5.74) is -0.651. The first-order valence-electron chi connectivity index (χ1n) is 6.62. The van der Waals surface area contributed by atoms with Crippen molar-refractivity contribution in [3.63, 3.8) is 0 Å². The van der Waals surface area contributed by atoms with Crippen molar-refractivity contribution in [1.29, 1.82) is 0 Å². The Morgan fingerprint density at radius 3 is 2.37 bits per heavy atom. The monoisotopic (exact) mass is 271 g/mol. The predicted octanol–water partition coefficient (Wildman–Crippen LogP) is 0.509. The first-order valence-corrected chi connectivity index (χ1v) is 6.62. The van der Waals surface area contributed by atoms with Gasteiger partial charge in [-0.2, -0.15) is 0 Å². The zero-order chi connectivity index (χ0) is 14.6. The first-order chi connectivity index (χ1) is 8.77. The quantitative estimate of drug-likeness (QED) is 0.439. The van der Waals surface area contributed by atoms with Gasteiger partial charge in [0, 0.05) is 6.54 Å². The third-order valence-electron chi connectivity index (χ3n) is 3.23. The summed E-state index contributed by atoms with van der Waals surface area (Å²) in [6.07, 6.45) is 0.552. The number of rotatable bonds is 8. The molecule has 0 bridgehead atoms. The lowest BCUT2D eigenvalue weighted by atomic mass is 9.87. The van der Waals surface area contributed by atoms with Crippen LogP contribution in [-0.4, -0.2) is 41.8 Å². The molecule has 0 heterocycles. The standard InChI is InChI=1S/C12H22BNO5/c1-8(2)6-9(10(15)16)19-11(17)12(4-5-12)7-14-13(3)18/h8-9,14,18H,4-7H2,1-3H3,(H,15,16)/t9-/m0/s1. The van der Waals surface area contributed by atoms with Gasteiger partial charge in [-0.05, 0) is 32.0 Å². The van der Waals surface area contributed by atoms with Crippen molar-refractivity contribution < 1.29 is 24.5 Å². The molecule has 0 aromatic heterocycles. The number of carboxylic acids is 1. The summed E-state index contributed by atoms with van der Waals surface area (Å²) in [7, 11) is -0.698. The third kappa shape index (κ3) is 4.83.